The number of aromatic nitrogens is 1. The quantitative estimate of drug-likeness (QED) is 0.801. The van der Waals surface area contributed by atoms with Gasteiger partial charge in [-0.15, -0.1) is 0 Å². The van der Waals surface area contributed by atoms with Gasteiger partial charge in [-0.25, -0.2) is 0 Å². The molecule has 2 fully saturated rings. The van der Waals surface area contributed by atoms with E-state index in [1.807, 2.05) is 26.2 Å². The molecule has 3 heteroatoms. The van der Waals surface area contributed by atoms with Gasteiger partial charge in [-0.05, 0) is 31.4 Å². The molecule has 1 aromatic rings. The van der Waals surface area contributed by atoms with Crippen molar-refractivity contribution < 1.29 is 0 Å². The zero-order valence-corrected chi connectivity index (χ0v) is 11.9. The summed E-state index contributed by atoms with van der Waals surface area (Å²) in [4.78, 5) is 9.37. The predicted octanol–water partition coefficient (Wildman–Crippen LogP) is 2.70. The van der Waals surface area contributed by atoms with Crippen LogP contribution in [0.1, 0.15) is 32.3 Å². The number of anilines is 1. The van der Waals surface area contributed by atoms with Crippen LogP contribution in [0.15, 0.2) is 18.5 Å². The number of nitrogens with zero attached hydrogens (tertiary/aromatic N) is 3. The van der Waals surface area contributed by atoms with E-state index in [0.717, 1.165) is 19.1 Å². The van der Waals surface area contributed by atoms with Crippen LogP contribution in [0.2, 0.25) is 0 Å². The Kier molecular flexibility index (Phi) is 4.59. The number of hydrogen-bond acceptors (Lipinski definition) is 3. The first-order valence-electron chi connectivity index (χ1n) is 7.23. The molecule has 0 aromatic carbocycles. The van der Waals surface area contributed by atoms with Gasteiger partial charge in [0.2, 0.25) is 0 Å². The number of piperazine rings is 1. The van der Waals surface area contributed by atoms with Crippen molar-refractivity contribution in [3.63, 3.8) is 0 Å². The molecule has 0 N–H and O–H groups in total. The highest BCUT2D eigenvalue weighted by Gasteiger charge is 2.31. The summed E-state index contributed by atoms with van der Waals surface area (Å²) in [5.41, 5.74) is 2.54. The molecule has 3 rings (SSSR count). The van der Waals surface area contributed by atoms with Gasteiger partial charge in [-0.2, -0.15) is 0 Å². The van der Waals surface area contributed by atoms with Crippen molar-refractivity contribution in [1.29, 1.82) is 0 Å². The van der Waals surface area contributed by atoms with Gasteiger partial charge in [-0.1, -0.05) is 13.8 Å². The maximum absolute atomic E-state index is 4.27. The number of aryl methyl sites for hydroxylation is 1. The molecule has 0 bridgehead atoms. The lowest BCUT2D eigenvalue weighted by Gasteiger charge is -2.36. The molecule has 0 unspecified atom stereocenters. The van der Waals surface area contributed by atoms with Gasteiger partial charge in [0, 0.05) is 38.4 Å². The summed E-state index contributed by atoms with van der Waals surface area (Å²) >= 11 is 0. The van der Waals surface area contributed by atoms with Crippen LogP contribution in [0, 0.1) is 6.92 Å². The smallest absolute Gasteiger partial charge is 0.0556 e. The fraction of sp³-hybridized carbons (Fsp3) is 0.667. The fourth-order valence-corrected chi connectivity index (χ4v) is 2.50. The highest BCUT2D eigenvalue weighted by atomic mass is 15.3. The lowest BCUT2D eigenvalue weighted by atomic mass is 10.2. The van der Waals surface area contributed by atoms with Gasteiger partial charge in [0.05, 0.1) is 11.9 Å². The highest BCUT2D eigenvalue weighted by Crippen LogP contribution is 2.28. The number of hydrogen-bond donors (Lipinski definition) is 0. The summed E-state index contributed by atoms with van der Waals surface area (Å²) in [6, 6.07) is 3.15. The van der Waals surface area contributed by atoms with E-state index < -0.39 is 0 Å². The fourth-order valence-electron chi connectivity index (χ4n) is 2.50. The second-order valence-corrected chi connectivity index (χ2v) is 4.97. The standard InChI is InChI=1S/C13H19N3.C2H6/c1-11-8-13(10-14-9-11)16-6-4-15(5-7-16)12-2-3-12;1-2/h8-10,12H,2-7H2,1H3;1-2H3. The Balaban J connectivity index is 0.000000574. The molecule has 100 valence electrons. The van der Waals surface area contributed by atoms with Crippen LogP contribution in [0.3, 0.4) is 0 Å². The Morgan fingerprint density at radius 1 is 1.06 bits per heavy atom. The normalized spacial score (nSPS) is 20.3. The van der Waals surface area contributed by atoms with Crippen molar-refractivity contribution in [2.75, 3.05) is 31.1 Å². The number of rotatable bonds is 2. The molecule has 1 aromatic heterocycles. The van der Waals surface area contributed by atoms with Crippen LogP contribution >= 0.6 is 0 Å². The van der Waals surface area contributed by atoms with E-state index in [2.05, 4.69) is 27.8 Å². The topological polar surface area (TPSA) is 19.4 Å². The Morgan fingerprint density at radius 3 is 2.28 bits per heavy atom. The Hall–Kier alpha value is -1.09. The van der Waals surface area contributed by atoms with Crippen molar-refractivity contribution in [3.8, 4) is 0 Å². The highest BCUT2D eigenvalue weighted by molar-refractivity contribution is 5.46. The van der Waals surface area contributed by atoms with Crippen LogP contribution in [0.25, 0.3) is 0 Å². The summed E-state index contributed by atoms with van der Waals surface area (Å²) in [5, 5.41) is 0. The average molecular weight is 247 g/mol. The van der Waals surface area contributed by atoms with Crippen LogP contribution in [0.5, 0.6) is 0 Å². The van der Waals surface area contributed by atoms with Crippen molar-refractivity contribution in [2.45, 2.75) is 39.7 Å². The van der Waals surface area contributed by atoms with Crippen molar-refractivity contribution in [2.24, 2.45) is 0 Å². The van der Waals surface area contributed by atoms with Gasteiger partial charge in [0.15, 0.2) is 0 Å². The first-order chi connectivity index (χ1) is 8.83. The Bertz CT molecular complexity index is 366. The zero-order chi connectivity index (χ0) is 13.0. The molecular formula is C15H25N3. The van der Waals surface area contributed by atoms with Crippen molar-refractivity contribution in [3.05, 3.63) is 24.0 Å². The third-order valence-electron chi connectivity index (χ3n) is 3.60. The molecular weight excluding hydrogens is 222 g/mol. The first kappa shape index (κ1) is 13.3. The van der Waals surface area contributed by atoms with E-state index in [-0.39, 0.29) is 0 Å². The largest absolute Gasteiger partial charge is 0.368 e. The van der Waals surface area contributed by atoms with Crippen LogP contribution in [0.4, 0.5) is 5.69 Å². The third kappa shape index (κ3) is 3.22. The molecule has 1 aliphatic heterocycles. The lowest BCUT2D eigenvalue weighted by Crippen LogP contribution is -2.47. The van der Waals surface area contributed by atoms with Crippen molar-refractivity contribution >= 4 is 5.69 Å². The van der Waals surface area contributed by atoms with E-state index in [1.165, 1.54) is 37.2 Å². The van der Waals surface area contributed by atoms with Crippen molar-refractivity contribution in [1.82, 2.24) is 9.88 Å². The first-order valence-corrected chi connectivity index (χ1v) is 7.23. The summed E-state index contributed by atoms with van der Waals surface area (Å²) in [6.07, 6.45) is 6.75. The molecule has 3 nitrogen and oxygen atoms in total. The van der Waals surface area contributed by atoms with Crippen LogP contribution in [-0.2, 0) is 0 Å². The molecule has 0 spiro atoms. The molecule has 1 saturated heterocycles. The second kappa shape index (κ2) is 6.19. The zero-order valence-electron chi connectivity index (χ0n) is 11.9. The summed E-state index contributed by atoms with van der Waals surface area (Å²) in [7, 11) is 0. The summed E-state index contributed by atoms with van der Waals surface area (Å²) in [6.45, 7) is 10.9. The van der Waals surface area contributed by atoms with E-state index in [0.29, 0.717) is 0 Å². The minimum atomic E-state index is 0.915. The molecule has 0 atom stereocenters. The van der Waals surface area contributed by atoms with Gasteiger partial charge in [0.1, 0.15) is 0 Å². The minimum Gasteiger partial charge on any atom is -0.368 e. The molecule has 0 radical (unpaired) electrons. The molecule has 2 aliphatic rings. The monoisotopic (exact) mass is 247 g/mol. The Morgan fingerprint density at radius 2 is 1.72 bits per heavy atom. The molecule has 18 heavy (non-hydrogen) atoms. The van der Waals surface area contributed by atoms with Gasteiger partial charge in [0.25, 0.3) is 0 Å². The summed E-state index contributed by atoms with van der Waals surface area (Å²) < 4.78 is 0. The van der Waals surface area contributed by atoms with E-state index in [1.54, 1.807) is 0 Å². The van der Waals surface area contributed by atoms with Gasteiger partial charge >= 0.3 is 0 Å². The molecule has 2 heterocycles. The number of pyridine rings is 1. The van der Waals surface area contributed by atoms with E-state index in [4.69, 9.17) is 0 Å². The maximum atomic E-state index is 4.27. The molecule has 0 amide bonds. The average Bonchev–Trinajstić information content (AvgIpc) is 3.26. The Labute approximate surface area is 111 Å². The van der Waals surface area contributed by atoms with Gasteiger partial charge < -0.3 is 4.90 Å². The van der Waals surface area contributed by atoms with Crippen LogP contribution < -0.4 is 4.90 Å². The van der Waals surface area contributed by atoms with Gasteiger partial charge in [-0.3, -0.25) is 9.88 Å². The molecule has 1 aliphatic carbocycles. The lowest BCUT2D eigenvalue weighted by molar-refractivity contribution is 0.248. The SMILES string of the molecule is CC.Cc1cncc(N2CCN(C3CC3)CC2)c1. The second-order valence-electron chi connectivity index (χ2n) is 4.97. The maximum Gasteiger partial charge on any atom is 0.0556 e. The predicted molar refractivity (Wildman–Crippen MR) is 77.1 cm³/mol. The van der Waals surface area contributed by atoms with E-state index >= 15 is 0 Å². The minimum absolute atomic E-state index is 0.915. The molecule has 1 saturated carbocycles. The third-order valence-corrected chi connectivity index (χ3v) is 3.60. The van der Waals surface area contributed by atoms with Crippen LogP contribution in [-0.4, -0.2) is 42.1 Å². The summed E-state index contributed by atoms with van der Waals surface area (Å²) in [5.74, 6) is 0. The van der Waals surface area contributed by atoms with E-state index in [9.17, 15) is 0 Å².